The summed E-state index contributed by atoms with van der Waals surface area (Å²) in [5.41, 5.74) is 2.62. The summed E-state index contributed by atoms with van der Waals surface area (Å²) >= 11 is 0. The molecular formula is C26H27NO4. The van der Waals surface area contributed by atoms with Crippen LogP contribution in [0.2, 0.25) is 0 Å². The highest BCUT2D eigenvalue weighted by atomic mass is 16.5. The normalized spacial score (nSPS) is 10.4. The first-order chi connectivity index (χ1) is 15.1. The van der Waals surface area contributed by atoms with Crippen molar-refractivity contribution in [3.63, 3.8) is 0 Å². The number of carbonyl (C=O) groups excluding carboxylic acids is 2. The number of hydrogen-bond donors (Lipinski definition) is 0. The highest BCUT2D eigenvalue weighted by Crippen LogP contribution is 2.25. The third-order valence-corrected chi connectivity index (χ3v) is 5.00. The molecule has 0 unspecified atom stereocenters. The van der Waals surface area contributed by atoms with Gasteiger partial charge in [-0.25, -0.2) is 0 Å². The predicted octanol–water partition coefficient (Wildman–Crippen LogP) is 4.55. The van der Waals surface area contributed by atoms with Crippen molar-refractivity contribution in [2.24, 2.45) is 0 Å². The second-order valence-corrected chi connectivity index (χ2v) is 7.24. The Bertz CT molecular complexity index is 1000. The fourth-order valence-corrected chi connectivity index (χ4v) is 3.27. The molecular weight excluding hydrogens is 390 g/mol. The minimum atomic E-state index is -0.147. The lowest BCUT2D eigenvalue weighted by Crippen LogP contribution is -2.36. The van der Waals surface area contributed by atoms with E-state index >= 15 is 0 Å². The van der Waals surface area contributed by atoms with Gasteiger partial charge in [-0.3, -0.25) is 9.59 Å². The number of ether oxygens (including phenoxy) is 2. The van der Waals surface area contributed by atoms with Gasteiger partial charge in [-0.1, -0.05) is 60.7 Å². The minimum absolute atomic E-state index is 0.134. The van der Waals surface area contributed by atoms with Gasteiger partial charge in [0, 0.05) is 13.1 Å². The van der Waals surface area contributed by atoms with Crippen molar-refractivity contribution >= 4 is 11.7 Å². The van der Waals surface area contributed by atoms with Crippen molar-refractivity contribution in [2.75, 3.05) is 20.3 Å². The van der Waals surface area contributed by atoms with Crippen LogP contribution in [0.3, 0.4) is 0 Å². The summed E-state index contributed by atoms with van der Waals surface area (Å²) in [4.78, 5) is 26.8. The highest BCUT2D eigenvalue weighted by Gasteiger charge is 2.17. The van der Waals surface area contributed by atoms with Gasteiger partial charge < -0.3 is 14.4 Å². The molecule has 0 N–H and O–H groups in total. The largest absolute Gasteiger partial charge is 0.497 e. The number of rotatable bonds is 10. The Morgan fingerprint density at radius 1 is 0.871 bits per heavy atom. The van der Waals surface area contributed by atoms with E-state index in [1.54, 1.807) is 23.1 Å². The second-order valence-electron chi connectivity index (χ2n) is 7.24. The number of Topliss-reactive ketones (excluding diaryl/α,β-unsaturated/α-hetero) is 1. The van der Waals surface area contributed by atoms with Gasteiger partial charge in [0.15, 0.2) is 12.4 Å². The van der Waals surface area contributed by atoms with Crippen LogP contribution < -0.4 is 9.47 Å². The smallest absolute Gasteiger partial charge is 0.260 e. The van der Waals surface area contributed by atoms with E-state index in [9.17, 15) is 9.59 Å². The summed E-state index contributed by atoms with van der Waals surface area (Å²) in [7, 11) is 1.54. The maximum absolute atomic E-state index is 13.0. The molecule has 0 saturated heterocycles. The fraction of sp³-hybridized carbons (Fsp3) is 0.231. The van der Waals surface area contributed by atoms with Gasteiger partial charge in [0.05, 0.1) is 12.7 Å². The lowest BCUT2D eigenvalue weighted by molar-refractivity contribution is -0.134. The van der Waals surface area contributed by atoms with Crippen molar-refractivity contribution in [1.29, 1.82) is 0 Å². The zero-order valence-electron chi connectivity index (χ0n) is 17.9. The first-order valence-electron chi connectivity index (χ1n) is 10.2. The number of amides is 1. The quantitative estimate of drug-likeness (QED) is 0.454. The third kappa shape index (κ3) is 6.44. The lowest BCUT2D eigenvalue weighted by Gasteiger charge is -2.23. The van der Waals surface area contributed by atoms with Gasteiger partial charge in [0.25, 0.3) is 5.91 Å². The monoisotopic (exact) mass is 417 g/mol. The van der Waals surface area contributed by atoms with Crippen LogP contribution in [0.5, 0.6) is 11.5 Å². The van der Waals surface area contributed by atoms with E-state index < -0.39 is 0 Å². The molecule has 1 amide bonds. The average Bonchev–Trinajstić information content (AvgIpc) is 2.81. The molecule has 0 heterocycles. The van der Waals surface area contributed by atoms with Gasteiger partial charge >= 0.3 is 0 Å². The van der Waals surface area contributed by atoms with Crippen LogP contribution in [0.15, 0.2) is 78.9 Å². The molecule has 0 radical (unpaired) electrons. The maximum Gasteiger partial charge on any atom is 0.260 e. The van der Waals surface area contributed by atoms with Crippen LogP contribution in [0, 0.1) is 0 Å². The van der Waals surface area contributed by atoms with Crippen LogP contribution in [0.25, 0.3) is 0 Å². The fourth-order valence-electron chi connectivity index (χ4n) is 3.27. The van der Waals surface area contributed by atoms with E-state index in [0.29, 0.717) is 30.2 Å². The maximum atomic E-state index is 13.0. The molecule has 0 aliphatic rings. The Hall–Kier alpha value is -3.60. The zero-order valence-corrected chi connectivity index (χ0v) is 17.9. The number of carbonyl (C=O) groups is 2. The van der Waals surface area contributed by atoms with Gasteiger partial charge in [-0.15, -0.1) is 0 Å². The Balaban J connectivity index is 1.71. The standard InChI is InChI=1S/C26H27NO4/c1-20(28)24-17-23(30-2)13-14-25(24)31-19-26(29)27(18-22-11-7-4-8-12-22)16-15-21-9-5-3-6-10-21/h3-14,17H,15-16,18-19H2,1-2H3. The molecule has 160 valence electrons. The molecule has 5 heteroatoms. The first kappa shape index (κ1) is 22.1. The molecule has 0 atom stereocenters. The van der Waals surface area contributed by atoms with E-state index in [4.69, 9.17) is 9.47 Å². The number of hydrogen-bond acceptors (Lipinski definition) is 4. The van der Waals surface area contributed by atoms with Crippen molar-refractivity contribution in [3.8, 4) is 11.5 Å². The Morgan fingerprint density at radius 2 is 1.52 bits per heavy atom. The Kier molecular flexibility index (Phi) is 7.82. The molecule has 0 aliphatic carbocycles. The SMILES string of the molecule is COc1ccc(OCC(=O)N(CCc2ccccc2)Cc2ccccc2)c(C(C)=O)c1. The van der Waals surface area contributed by atoms with Gasteiger partial charge in [0.2, 0.25) is 0 Å². The summed E-state index contributed by atoms with van der Waals surface area (Å²) in [5, 5.41) is 0. The molecule has 0 aliphatic heterocycles. The highest BCUT2D eigenvalue weighted by molar-refractivity contribution is 5.97. The second kappa shape index (κ2) is 11.0. The molecule has 5 nitrogen and oxygen atoms in total. The molecule has 0 bridgehead atoms. The van der Waals surface area contributed by atoms with Crippen molar-refractivity contribution < 1.29 is 19.1 Å². The van der Waals surface area contributed by atoms with Crippen LogP contribution in [-0.2, 0) is 17.8 Å². The summed E-state index contributed by atoms with van der Waals surface area (Å²) in [6.07, 6.45) is 0.751. The van der Waals surface area contributed by atoms with E-state index in [1.165, 1.54) is 19.6 Å². The summed E-state index contributed by atoms with van der Waals surface area (Å²) in [6.45, 7) is 2.39. The Morgan fingerprint density at radius 3 is 2.13 bits per heavy atom. The molecule has 0 aromatic heterocycles. The number of nitrogens with zero attached hydrogens (tertiary/aromatic N) is 1. The predicted molar refractivity (Wildman–Crippen MR) is 120 cm³/mol. The van der Waals surface area contributed by atoms with Gasteiger partial charge in [-0.2, -0.15) is 0 Å². The number of methoxy groups -OCH3 is 1. The molecule has 3 aromatic rings. The summed E-state index contributed by atoms with van der Waals surface area (Å²) in [5.74, 6) is 0.665. The Labute approximate surface area is 183 Å². The van der Waals surface area contributed by atoms with Crippen LogP contribution in [0.1, 0.15) is 28.4 Å². The third-order valence-electron chi connectivity index (χ3n) is 5.00. The molecule has 3 aromatic carbocycles. The van der Waals surface area contributed by atoms with Crippen molar-refractivity contribution in [2.45, 2.75) is 19.9 Å². The van der Waals surface area contributed by atoms with Crippen molar-refractivity contribution in [1.82, 2.24) is 4.90 Å². The lowest BCUT2D eigenvalue weighted by atomic mass is 10.1. The van der Waals surface area contributed by atoms with E-state index in [2.05, 4.69) is 12.1 Å². The van der Waals surface area contributed by atoms with Crippen LogP contribution in [0.4, 0.5) is 0 Å². The topological polar surface area (TPSA) is 55.8 Å². The average molecular weight is 418 g/mol. The first-order valence-corrected chi connectivity index (χ1v) is 10.2. The van der Waals surface area contributed by atoms with Crippen LogP contribution >= 0.6 is 0 Å². The van der Waals surface area contributed by atoms with E-state index in [0.717, 1.165) is 12.0 Å². The minimum Gasteiger partial charge on any atom is -0.497 e. The van der Waals surface area contributed by atoms with E-state index in [1.807, 2.05) is 48.5 Å². The molecule has 0 fully saturated rings. The molecule has 0 saturated carbocycles. The molecule has 0 spiro atoms. The number of ketones is 1. The van der Waals surface area contributed by atoms with E-state index in [-0.39, 0.29) is 18.3 Å². The summed E-state index contributed by atoms with van der Waals surface area (Å²) < 4.78 is 10.9. The van der Waals surface area contributed by atoms with Crippen molar-refractivity contribution in [3.05, 3.63) is 95.6 Å². The number of benzene rings is 3. The zero-order chi connectivity index (χ0) is 22.1. The van der Waals surface area contributed by atoms with Gasteiger partial charge in [-0.05, 0) is 42.7 Å². The molecule has 3 rings (SSSR count). The van der Waals surface area contributed by atoms with Crippen LogP contribution in [-0.4, -0.2) is 36.9 Å². The van der Waals surface area contributed by atoms with Gasteiger partial charge in [0.1, 0.15) is 11.5 Å². The molecule has 31 heavy (non-hydrogen) atoms. The summed E-state index contributed by atoms with van der Waals surface area (Å²) in [6, 6.07) is 24.9.